The van der Waals surface area contributed by atoms with Crippen LogP contribution in [0.25, 0.3) is 0 Å². The van der Waals surface area contributed by atoms with Crippen molar-refractivity contribution in [2.75, 3.05) is 14.1 Å². The molecule has 74 valence electrons. The van der Waals surface area contributed by atoms with Crippen molar-refractivity contribution in [1.82, 2.24) is 4.90 Å². The van der Waals surface area contributed by atoms with Gasteiger partial charge in [-0.3, -0.25) is 0 Å². The first-order chi connectivity index (χ1) is 5.99. The molecule has 0 rings (SSSR count). The lowest BCUT2D eigenvalue weighted by Gasteiger charge is -2.05. The zero-order valence-electron chi connectivity index (χ0n) is 8.66. The van der Waals surface area contributed by atoms with Gasteiger partial charge in [-0.2, -0.15) is 0 Å². The zero-order valence-corrected chi connectivity index (χ0v) is 8.66. The van der Waals surface area contributed by atoms with E-state index in [-0.39, 0.29) is 0 Å². The Balaban J connectivity index is 4.69. The van der Waals surface area contributed by atoms with E-state index in [0.29, 0.717) is 5.57 Å². The number of hydrogen-bond donors (Lipinski definition) is 1. The summed E-state index contributed by atoms with van der Waals surface area (Å²) in [5, 5.41) is 8.74. The second-order valence-corrected chi connectivity index (χ2v) is 3.09. The molecule has 0 radical (unpaired) electrons. The molecule has 0 unspecified atom stereocenters. The molecule has 0 aromatic heterocycles. The number of carboxylic acid groups (broad SMARTS) is 1. The zero-order chi connectivity index (χ0) is 10.4. The Labute approximate surface area is 79.4 Å². The smallest absolute Gasteiger partial charge is 0.331 e. The Hall–Kier alpha value is -1.25. The first-order valence-electron chi connectivity index (χ1n) is 4.26. The van der Waals surface area contributed by atoms with E-state index in [1.807, 2.05) is 38.2 Å². The van der Waals surface area contributed by atoms with E-state index in [1.165, 1.54) is 0 Å². The second kappa shape index (κ2) is 5.41. The van der Waals surface area contributed by atoms with Crippen LogP contribution in [0.15, 0.2) is 23.4 Å². The Morgan fingerprint density at radius 2 is 2.00 bits per heavy atom. The summed E-state index contributed by atoms with van der Waals surface area (Å²) in [7, 11) is 3.81. The highest BCUT2D eigenvalue weighted by atomic mass is 16.4. The van der Waals surface area contributed by atoms with Crippen LogP contribution in [0.4, 0.5) is 0 Å². The third-order valence-electron chi connectivity index (χ3n) is 1.76. The van der Waals surface area contributed by atoms with E-state index in [9.17, 15) is 4.79 Å². The molecule has 0 atom stereocenters. The minimum absolute atomic E-state index is 0.417. The lowest BCUT2D eigenvalue weighted by atomic mass is 10.1. The van der Waals surface area contributed by atoms with Crippen molar-refractivity contribution in [2.45, 2.75) is 20.3 Å². The molecule has 0 aliphatic rings. The summed E-state index contributed by atoms with van der Waals surface area (Å²) in [6.45, 7) is 3.57. The Morgan fingerprint density at radius 1 is 1.46 bits per heavy atom. The average Bonchev–Trinajstić information content (AvgIpc) is 2.04. The average molecular weight is 183 g/mol. The highest BCUT2D eigenvalue weighted by Gasteiger charge is 2.04. The van der Waals surface area contributed by atoms with E-state index < -0.39 is 5.97 Å². The van der Waals surface area contributed by atoms with Gasteiger partial charge in [-0.05, 0) is 31.2 Å². The molecule has 0 heterocycles. The monoisotopic (exact) mass is 183 g/mol. The maximum Gasteiger partial charge on any atom is 0.331 e. The number of carboxylic acids is 1. The molecule has 3 heteroatoms. The Bertz CT molecular complexity index is 239. The van der Waals surface area contributed by atoms with Gasteiger partial charge in [0.1, 0.15) is 0 Å². The molecule has 13 heavy (non-hydrogen) atoms. The number of nitrogens with zero attached hydrogens (tertiary/aromatic N) is 1. The van der Waals surface area contributed by atoms with Crippen molar-refractivity contribution in [3.63, 3.8) is 0 Å². The summed E-state index contributed by atoms with van der Waals surface area (Å²) in [6.07, 6.45) is 4.43. The van der Waals surface area contributed by atoms with Crippen molar-refractivity contribution in [3.8, 4) is 0 Å². The van der Waals surface area contributed by atoms with Crippen molar-refractivity contribution in [3.05, 3.63) is 23.4 Å². The van der Waals surface area contributed by atoms with Crippen LogP contribution in [0.5, 0.6) is 0 Å². The van der Waals surface area contributed by atoms with Gasteiger partial charge < -0.3 is 10.0 Å². The van der Waals surface area contributed by atoms with Gasteiger partial charge in [0.15, 0.2) is 0 Å². The van der Waals surface area contributed by atoms with Gasteiger partial charge in [0, 0.05) is 19.7 Å². The van der Waals surface area contributed by atoms with E-state index in [0.717, 1.165) is 12.0 Å². The van der Waals surface area contributed by atoms with Crippen LogP contribution in [0, 0.1) is 0 Å². The van der Waals surface area contributed by atoms with Crippen molar-refractivity contribution < 1.29 is 9.90 Å². The molecule has 0 fully saturated rings. The molecule has 1 N–H and O–H groups in total. The van der Waals surface area contributed by atoms with Gasteiger partial charge in [0.05, 0.1) is 0 Å². The summed E-state index contributed by atoms with van der Waals surface area (Å²) in [6, 6.07) is 0. The normalized spacial score (nSPS) is 12.9. The van der Waals surface area contributed by atoms with Crippen molar-refractivity contribution in [2.24, 2.45) is 0 Å². The van der Waals surface area contributed by atoms with Crippen LogP contribution in [0.2, 0.25) is 0 Å². The number of aliphatic carboxylic acids is 1. The van der Waals surface area contributed by atoms with Gasteiger partial charge in [-0.25, -0.2) is 4.79 Å². The summed E-state index contributed by atoms with van der Waals surface area (Å²) in [5.41, 5.74) is 1.28. The Morgan fingerprint density at radius 3 is 2.31 bits per heavy atom. The predicted molar refractivity (Wildman–Crippen MR) is 53.5 cm³/mol. The maximum absolute atomic E-state index is 10.6. The minimum Gasteiger partial charge on any atom is -0.478 e. The van der Waals surface area contributed by atoms with E-state index in [2.05, 4.69) is 0 Å². The fraction of sp³-hybridized carbons (Fsp3) is 0.500. The molecule has 0 saturated carbocycles. The largest absolute Gasteiger partial charge is 0.478 e. The van der Waals surface area contributed by atoms with Crippen LogP contribution >= 0.6 is 0 Å². The summed E-state index contributed by atoms with van der Waals surface area (Å²) in [4.78, 5) is 12.5. The lowest BCUT2D eigenvalue weighted by molar-refractivity contribution is -0.132. The van der Waals surface area contributed by atoms with E-state index >= 15 is 0 Å². The number of allylic oxidation sites excluding steroid dienone is 2. The van der Waals surface area contributed by atoms with Crippen molar-refractivity contribution >= 4 is 5.97 Å². The molecular formula is C10H17NO2. The van der Waals surface area contributed by atoms with Gasteiger partial charge >= 0.3 is 5.97 Å². The Kier molecular flexibility index (Phi) is 4.89. The molecule has 0 aromatic rings. The standard InChI is InChI=1S/C10H17NO2/c1-5-9(6-7-11(3)4)8(2)10(12)13/h6-7H,5H2,1-4H3,(H,12,13). The third kappa shape index (κ3) is 4.35. The highest BCUT2D eigenvalue weighted by molar-refractivity contribution is 5.87. The SMILES string of the molecule is CCC(C=CN(C)C)=C(C)C(=O)O. The third-order valence-corrected chi connectivity index (χ3v) is 1.76. The summed E-state index contributed by atoms with van der Waals surface area (Å²) >= 11 is 0. The van der Waals surface area contributed by atoms with Gasteiger partial charge in [0.2, 0.25) is 0 Å². The molecule has 0 aliphatic heterocycles. The molecule has 0 aliphatic carbocycles. The molecule has 0 saturated heterocycles. The van der Waals surface area contributed by atoms with Gasteiger partial charge in [-0.1, -0.05) is 6.92 Å². The maximum atomic E-state index is 10.6. The molecular weight excluding hydrogens is 166 g/mol. The van der Waals surface area contributed by atoms with Crippen LogP contribution in [0.1, 0.15) is 20.3 Å². The molecule has 0 aromatic carbocycles. The number of carbonyl (C=O) groups is 1. The van der Waals surface area contributed by atoms with Gasteiger partial charge in [-0.15, -0.1) is 0 Å². The highest BCUT2D eigenvalue weighted by Crippen LogP contribution is 2.10. The number of hydrogen-bond acceptors (Lipinski definition) is 2. The van der Waals surface area contributed by atoms with E-state index in [4.69, 9.17) is 5.11 Å². The lowest BCUT2D eigenvalue weighted by Crippen LogP contribution is -2.03. The second-order valence-electron chi connectivity index (χ2n) is 3.09. The predicted octanol–water partition coefficient (Wildman–Crippen LogP) is 1.87. The first kappa shape index (κ1) is 11.8. The van der Waals surface area contributed by atoms with Crippen LogP contribution < -0.4 is 0 Å². The topological polar surface area (TPSA) is 40.5 Å². The van der Waals surface area contributed by atoms with Gasteiger partial charge in [0.25, 0.3) is 0 Å². The van der Waals surface area contributed by atoms with Crippen LogP contribution in [0.3, 0.4) is 0 Å². The minimum atomic E-state index is -0.847. The summed E-state index contributed by atoms with van der Waals surface area (Å²) in [5.74, 6) is -0.847. The quantitative estimate of drug-likeness (QED) is 0.534. The first-order valence-corrected chi connectivity index (χ1v) is 4.26. The molecule has 0 spiro atoms. The number of rotatable bonds is 4. The fourth-order valence-corrected chi connectivity index (χ4v) is 0.884. The molecule has 3 nitrogen and oxygen atoms in total. The van der Waals surface area contributed by atoms with Crippen LogP contribution in [-0.2, 0) is 4.79 Å². The molecule has 0 bridgehead atoms. The van der Waals surface area contributed by atoms with E-state index in [1.54, 1.807) is 6.92 Å². The van der Waals surface area contributed by atoms with Crippen LogP contribution in [-0.4, -0.2) is 30.1 Å². The molecule has 0 amide bonds. The van der Waals surface area contributed by atoms with Crippen molar-refractivity contribution in [1.29, 1.82) is 0 Å². The summed E-state index contributed by atoms with van der Waals surface area (Å²) < 4.78 is 0. The fourth-order valence-electron chi connectivity index (χ4n) is 0.884.